The highest BCUT2D eigenvalue weighted by atomic mass is 16.5. The number of methoxy groups -OCH3 is 2. The Balaban J connectivity index is 1.93. The number of hydrogen-bond donors (Lipinski definition) is 0. The van der Waals surface area contributed by atoms with Gasteiger partial charge in [-0.05, 0) is 61.7 Å². The Hall–Kier alpha value is -3.67. The molecule has 1 heterocycles. The van der Waals surface area contributed by atoms with Gasteiger partial charge in [0.05, 0.1) is 39.9 Å². The average molecular weight is 462 g/mol. The Labute approximate surface area is 201 Å². The fourth-order valence-electron chi connectivity index (χ4n) is 4.53. The van der Waals surface area contributed by atoms with Crippen LogP contribution in [0.2, 0.25) is 0 Å². The zero-order valence-electron chi connectivity index (χ0n) is 20.4. The molecular formula is C28H31NO5. The van der Waals surface area contributed by atoms with Gasteiger partial charge in [-0.2, -0.15) is 0 Å². The van der Waals surface area contributed by atoms with E-state index in [0.717, 1.165) is 27.9 Å². The van der Waals surface area contributed by atoms with Gasteiger partial charge >= 0.3 is 0 Å². The summed E-state index contributed by atoms with van der Waals surface area (Å²) < 4.78 is 22.7. The predicted octanol–water partition coefficient (Wildman–Crippen LogP) is 5.49. The molecule has 178 valence electrons. The number of hydrogen-bond acceptors (Lipinski definition) is 5. The standard InChI is InChI=1S/C28H31NO5/c1-6-33-25-14-20-15-27(30)29(21-11-12-23(31-4)24(16-21)32-5)28(19-10-8-9-18(3)13-19)22(20)17-26(25)34-7-2/h8-14,16-17,28H,6-7,15H2,1-5H3/t28-/m0/s1. The summed E-state index contributed by atoms with van der Waals surface area (Å²) in [5.41, 5.74) is 4.86. The van der Waals surface area contributed by atoms with E-state index in [-0.39, 0.29) is 18.4 Å². The van der Waals surface area contributed by atoms with Gasteiger partial charge in [0, 0.05) is 11.8 Å². The maximum atomic E-state index is 13.6. The topological polar surface area (TPSA) is 57.2 Å². The van der Waals surface area contributed by atoms with Crippen molar-refractivity contribution in [3.63, 3.8) is 0 Å². The Bertz CT molecular complexity index is 1190. The maximum absolute atomic E-state index is 13.6. The molecule has 6 heteroatoms. The van der Waals surface area contributed by atoms with Gasteiger partial charge in [-0.15, -0.1) is 0 Å². The van der Waals surface area contributed by atoms with Crippen LogP contribution in [0, 0.1) is 6.92 Å². The van der Waals surface area contributed by atoms with Crippen LogP contribution in [0.3, 0.4) is 0 Å². The van der Waals surface area contributed by atoms with Crippen molar-refractivity contribution in [2.45, 2.75) is 33.2 Å². The minimum Gasteiger partial charge on any atom is -0.493 e. The fraction of sp³-hybridized carbons (Fsp3) is 0.321. The molecular weight excluding hydrogens is 430 g/mol. The third-order valence-corrected chi connectivity index (χ3v) is 5.97. The first kappa shape index (κ1) is 23.5. The number of anilines is 1. The molecule has 0 saturated heterocycles. The first-order valence-electron chi connectivity index (χ1n) is 11.5. The predicted molar refractivity (Wildman–Crippen MR) is 133 cm³/mol. The number of aryl methyl sites for hydroxylation is 1. The summed E-state index contributed by atoms with van der Waals surface area (Å²) in [5, 5.41) is 0. The van der Waals surface area contributed by atoms with Crippen molar-refractivity contribution in [3.8, 4) is 23.0 Å². The largest absolute Gasteiger partial charge is 0.493 e. The summed E-state index contributed by atoms with van der Waals surface area (Å²) >= 11 is 0. The molecule has 0 fully saturated rings. The summed E-state index contributed by atoms with van der Waals surface area (Å²) in [6, 6.07) is 17.5. The highest BCUT2D eigenvalue weighted by Crippen LogP contribution is 2.45. The van der Waals surface area contributed by atoms with E-state index in [0.29, 0.717) is 36.2 Å². The van der Waals surface area contributed by atoms with Crippen LogP contribution in [0.5, 0.6) is 23.0 Å². The van der Waals surface area contributed by atoms with Crippen LogP contribution in [0.15, 0.2) is 54.6 Å². The lowest BCUT2D eigenvalue weighted by molar-refractivity contribution is -0.118. The van der Waals surface area contributed by atoms with Gasteiger partial charge in [0.1, 0.15) is 0 Å². The lowest BCUT2D eigenvalue weighted by Crippen LogP contribution is -2.41. The number of amides is 1. The SMILES string of the molecule is CCOc1cc2c(cc1OCC)[C@H](c1cccc(C)c1)N(c1ccc(OC)c(OC)c1)C(=O)C2. The van der Waals surface area contributed by atoms with Gasteiger partial charge in [0.2, 0.25) is 5.91 Å². The van der Waals surface area contributed by atoms with Crippen LogP contribution in [0.1, 0.15) is 42.1 Å². The molecule has 1 aliphatic rings. The van der Waals surface area contributed by atoms with E-state index in [1.165, 1.54) is 0 Å². The van der Waals surface area contributed by atoms with Crippen LogP contribution >= 0.6 is 0 Å². The molecule has 0 unspecified atom stereocenters. The number of nitrogens with zero attached hydrogens (tertiary/aromatic N) is 1. The first-order valence-corrected chi connectivity index (χ1v) is 11.5. The second kappa shape index (κ2) is 10.1. The summed E-state index contributed by atoms with van der Waals surface area (Å²) in [4.78, 5) is 15.5. The van der Waals surface area contributed by atoms with E-state index in [1.807, 2.05) is 55.1 Å². The molecule has 1 aliphatic heterocycles. The Morgan fingerprint density at radius 2 is 1.56 bits per heavy atom. The van der Waals surface area contributed by atoms with Gasteiger partial charge in [-0.1, -0.05) is 29.8 Å². The number of fused-ring (bicyclic) bond motifs is 1. The highest BCUT2D eigenvalue weighted by molar-refractivity contribution is 5.98. The average Bonchev–Trinajstić information content (AvgIpc) is 2.83. The molecule has 0 aliphatic carbocycles. The van der Waals surface area contributed by atoms with Crippen molar-refractivity contribution >= 4 is 11.6 Å². The van der Waals surface area contributed by atoms with Crippen LogP contribution in [-0.2, 0) is 11.2 Å². The second-order valence-electron chi connectivity index (χ2n) is 8.16. The third-order valence-electron chi connectivity index (χ3n) is 5.97. The van der Waals surface area contributed by atoms with Gasteiger partial charge in [-0.3, -0.25) is 4.79 Å². The lowest BCUT2D eigenvalue weighted by Gasteiger charge is -2.38. The van der Waals surface area contributed by atoms with E-state index < -0.39 is 0 Å². The number of carbonyl (C=O) groups excluding carboxylic acids is 1. The minimum atomic E-state index is -0.330. The minimum absolute atomic E-state index is 0.00201. The molecule has 0 bridgehead atoms. The molecule has 0 radical (unpaired) electrons. The summed E-state index contributed by atoms with van der Waals surface area (Å²) in [7, 11) is 3.19. The molecule has 0 spiro atoms. The Morgan fingerprint density at radius 3 is 2.21 bits per heavy atom. The van der Waals surface area contributed by atoms with Crippen LogP contribution in [-0.4, -0.2) is 33.3 Å². The van der Waals surface area contributed by atoms with Crippen molar-refractivity contribution < 1.29 is 23.7 Å². The number of benzene rings is 3. The summed E-state index contributed by atoms with van der Waals surface area (Å²) in [5.74, 6) is 2.53. The first-order chi connectivity index (χ1) is 16.5. The molecule has 34 heavy (non-hydrogen) atoms. The van der Waals surface area contributed by atoms with Gasteiger partial charge in [0.25, 0.3) is 0 Å². The normalized spacial score (nSPS) is 15.0. The molecule has 1 amide bonds. The monoisotopic (exact) mass is 461 g/mol. The van der Waals surface area contributed by atoms with Crippen molar-refractivity contribution in [2.75, 3.05) is 32.3 Å². The van der Waals surface area contributed by atoms with Crippen LogP contribution in [0.25, 0.3) is 0 Å². The Morgan fingerprint density at radius 1 is 0.853 bits per heavy atom. The van der Waals surface area contributed by atoms with E-state index in [2.05, 4.69) is 25.1 Å². The van der Waals surface area contributed by atoms with Gasteiger partial charge in [0.15, 0.2) is 23.0 Å². The molecule has 1 atom stereocenters. The smallest absolute Gasteiger partial charge is 0.232 e. The molecule has 6 nitrogen and oxygen atoms in total. The van der Waals surface area contributed by atoms with E-state index >= 15 is 0 Å². The van der Waals surface area contributed by atoms with E-state index in [1.54, 1.807) is 14.2 Å². The van der Waals surface area contributed by atoms with Crippen molar-refractivity contribution in [3.05, 3.63) is 76.9 Å². The van der Waals surface area contributed by atoms with Gasteiger partial charge in [-0.25, -0.2) is 0 Å². The quantitative estimate of drug-likeness (QED) is 0.444. The maximum Gasteiger partial charge on any atom is 0.232 e. The Kier molecular flexibility index (Phi) is 6.96. The molecule has 3 aromatic carbocycles. The number of ether oxygens (including phenoxy) is 4. The van der Waals surface area contributed by atoms with Crippen LogP contribution < -0.4 is 23.8 Å². The zero-order chi connectivity index (χ0) is 24.2. The second-order valence-corrected chi connectivity index (χ2v) is 8.16. The van der Waals surface area contributed by atoms with Gasteiger partial charge < -0.3 is 23.8 Å². The molecule has 0 aromatic heterocycles. The van der Waals surface area contributed by atoms with Crippen molar-refractivity contribution in [1.29, 1.82) is 0 Å². The molecule has 0 saturated carbocycles. The fourth-order valence-corrected chi connectivity index (χ4v) is 4.53. The van der Waals surface area contributed by atoms with E-state index in [9.17, 15) is 4.79 Å². The van der Waals surface area contributed by atoms with E-state index in [4.69, 9.17) is 18.9 Å². The number of rotatable bonds is 8. The summed E-state index contributed by atoms with van der Waals surface area (Å²) in [6.07, 6.45) is 0.262. The zero-order valence-corrected chi connectivity index (χ0v) is 20.4. The molecule has 4 rings (SSSR count). The lowest BCUT2D eigenvalue weighted by atomic mass is 9.86. The number of carbonyl (C=O) groups is 1. The third kappa shape index (κ3) is 4.40. The van der Waals surface area contributed by atoms with Crippen molar-refractivity contribution in [1.82, 2.24) is 0 Å². The molecule has 3 aromatic rings. The van der Waals surface area contributed by atoms with Crippen molar-refractivity contribution in [2.24, 2.45) is 0 Å². The summed E-state index contributed by atoms with van der Waals surface area (Å²) in [6.45, 7) is 6.99. The van der Waals surface area contributed by atoms with Crippen LogP contribution in [0.4, 0.5) is 5.69 Å². The molecule has 0 N–H and O–H groups in total. The highest BCUT2D eigenvalue weighted by Gasteiger charge is 2.36.